The molecule has 0 bridgehead atoms. The first-order valence-electron chi connectivity index (χ1n) is 8.57. The highest BCUT2D eigenvalue weighted by Crippen LogP contribution is 2.32. The molecule has 2 aromatic carbocycles. The molecule has 0 fully saturated rings. The summed E-state index contributed by atoms with van der Waals surface area (Å²) >= 11 is 0. The van der Waals surface area contributed by atoms with Gasteiger partial charge in [0.15, 0.2) is 11.5 Å². The highest BCUT2D eigenvalue weighted by molar-refractivity contribution is 6.10. The second-order valence-corrected chi connectivity index (χ2v) is 6.08. The van der Waals surface area contributed by atoms with Gasteiger partial charge in [-0.25, -0.2) is 4.99 Å². The van der Waals surface area contributed by atoms with Crippen LogP contribution in [0.5, 0.6) is 11.5 Å². The molecule has 0 radical (unpaired) electrons. The Morgan fingerprint density at radius 1 is 1.04 bits per heavy atom. The largest absolute Gasteiger partial charge is 0.486 e. The van der Waals surface area contributed by atoms with Crippen LogP contribution >= 0.6 is 0 Å². The second kappa shape index (κ2) is 7.36. The van der Waals surface area contributed by atoms with Crippen molar-refractivity contribution in [3.63, 3.8) is 0 Å². The lowest BCUT2D eigenvalue weighted by Crippen LogP contribution is -2.45. The summed E-state index contributed by atoms with van der Waals surface area (Å²) in [6.45, 7) is 0.966. The molecule has 0 aromatic heterocycles. The van der Waals surface area contributed by atoms with Gasteiger partial charge in [0, 0.05) is 17.4 Å². The summed E-state index contributed by atoms with van der Waals surface area (Å²) < 4.78 is 11.0. The summed E-state index contributed by atoms with van der Waals surface area (Å²) in [5, 5.41) is 8.42. The Morgan fingerprint density at radius 2 is 1.81 bits per heavy atom. The molecule has 4 rings (SSSR count). The fourth-order valence-electron chi connectivity index (χ4n) is 2.81. The van der Waals surface area contributed by atoms with E-state index in [1.165, 1.54) is 0 Å². The number of amides is 2. The van der Waals surface area contributed by atoms with Crippen molar-refractivity contribution in [3.8, 4) is 11.5 Å². The van der Waals surface area contributed by atoms with Crippen LogP contribution in [0.15, 0.2) is 53.5 Å². The predicted molar refractivity (Wildman–Crippen MR) is 100 cm³/mol. The molecule has 0 saturated heterocycles. The fraction of sp³-hybridized carbons (Fsp3) is 0.211. The van der Waals surface area contributed by atoms with Crippen molar-refractivity contribution in [2.45, 2.75) is 12.5 Å². The Morgan fingerprint density at radius 3 is 2.63 bits per heavy atom. The Kier molecular flexibility index (Phi) is 4.61. The molecule has 2 aromatic rings. The van der Waals surface area contributed by atoms with Crippen LogP contribution < -0.4 is 25.4 Å². The summed E-state index contributed by atoms with van der Waals surface area (Å²) in [6, 6.07) is 13.6. The van der Waals surface area contributed by atoms with Crippen LogP contribution in [0.25, 0.3) is 0 Å². The minimum absolute atomic E-state index is 0.0175. The van der Waals surface area contributed by atoms with Gasteiger partial charge in [0.05, 0.1) is 6.42 Å². The first kappa shape index (κ1) is 16.9. The number of anilines is 2. The molecule has 0 spiro atoms. The van der Waals surface area contributed by atoms with Crippen molar-refractivity contribution in [2.75, 3.05) is 23.8 Å². The minimum atomic E-state index is -0.821. The minimum Gasteiger partial charge on any atom is -0.486 e. The Labute approximate surface area is 155 Å². The zero-order valence-electron chi connectivity index (χ0n) is 14.4. The van der Waals surface area contributed by atoms with Crippen molar-refractivity contribution in [2.24, 2.45) is 4.99 Å². The molecule has 2 aliphatic rings. The van der Waals surface area contributed by atoms with Gasteiger partial charge in [-0.05, 0) is 24.3 Å². The van der Waals surface area contributed by atoms with Crippen LogP contribution in [-0.2, 0) is 9.59 Å². The van der Waals surface area contributed by atoms with Gasteiger partial charge in [0.25, 0.3) is 0 Å². The Bertz CT molecular complexity index is 898. The Hall–Kier alpha value is -3.55. The molecular formula is C19H18N4O4. The number of fused-ring (bicyclic) bond motifs is 1. The number of ether oxygens (including phenoxy) is 2. The molecule has 0 aliphatic carbocycles. The molecule has 1 atom stereocenters. The van der Waals surface area contributed by atoms with Crippen molar-refractivity contribution in [1.82, 2.24) is 5.32 Å². The lowest BCUT2D eigenvalue weighted by Gasteiger charge is -2.22. The van der Waals surface area contributed by atoms with Crippen molar-refractivity contribution in [1.29, 1.82) is 0 Å². The molecule has 2 heterocycles. The Balaban J connectivity index is 1.47. The molecule has 3 N–H and O–H groups in total. The van der Waals surface area contributed by atoms with Gasteiger partial charge in [-0.15, -0.1) is 0 Å². The number of guanidine groups is 1. The number of rotatable bonds is 3. The van der Waals surface area contributed by atoms with Crippen LogP contribution in [0.4, 0.5) is 11.4 Å². The highest BCUT2D eigenvalue weighted by Gasteiger charge is 2.27. The molecule has 2 amide bonds. The van der Waals surface area contributed by atoms with E-state index < -0.39 is 6.04 Å². The van der Waals surface area contributed by atoms with Gasteiger partial charge in [0.1, 0.15) is 19.3 Å². The van der Waals surface area contributed by atoms with E-state index in [9.17, 15) is 9.59 Å². The van der Waals surface area contributed by atoms with Crippen LogP contribution in [-0.4, -0.2) is 37.0 Å². The molecule has 8 nitrogen and oxygen atoms in total. The van der Waals surface area contributed by atoms with Crippen molar-refractivity contribution in [3.05, 3.63) is 48.5 Å². The lowest BCUT2D eigenvalue weighted by atomic mass is 10.1. The second-order valence-electron chi connectivity index (χ2n) is 6.08. The predicted octanol–water partition coefficient (Wildman–Crippen LogP) is 1.75. The number of aliphatic imine (C=N–C) groups is 1. The molecule has 27 heavy (non-hydrogen) atoms. The average molecular weight is 366 g/mol. The van der Waals surface area contributed by atoms with E-state index in [2.05, 4.69) is 20.9 Å². The topological polar surface area (TPSA) is 101 Å². The van der Waals surface area contributed by atoms with E-state index in [1.54, 1.807) is 18.2 Å². The number of carbonyl (C=O) groups excluding carboxylic acids is 2. The van der Waals surface area contributed by atoms with Gasteiger partial charge < -0.3 is 20.1 Å². The molecule has 0 saturated carbocycles. The summed E-state index contributed by atoms with van der Waals surface area (Å²) in [4.78, 5) is 28.9. The zero-order chi connectivity index (χ0) is 18.6. The number of nitrogens with one attached hydrogen (secondary N) is 3. The first-order chi connectivity index (χ1) is 13.2. The SMILES string of the molecule is O=C1C[C@H](C(=O)Nc2ccc3c(c2)OCCO3)N=C(Nc2ccccc2)N1. The summed E-state index contributed by atoms with van der Waals surface area (Å²) in [5.74, 6) is 0.832. The third kappa shape index (κ3) is 4.00. The first-order valence-corrected chi connectivity index (χ1v) is 8.57. The summed E-state index contributed by atoms with van der Waals surface area (Å²) in [6.07, 6.45) is -0.0175. The van der Waals surface area contributed by atoms with Gasteiger partial charge in [-0.3, -0.25) is 14.9 Å². The van der Waals surface area contributed by atoms with E-state index in [0.717, 1.165) is 5.69 Å². The highest BCUT2D eigenvalue weighted by atomic mass is 16.6. The summed E-state index contributed by atoms with van der Waals surface area (Å²) in [7, 11) is 0. The monoisotopic (exact) mass is 366 g/mol. The van der Waals surface area contributed by atoms with E-state index in [1.807, 2.05) is 30.3 Å². The standard InChI is InChI=1S/C19H18N4O4/c24-17-11-14(22-19(23-17)21-12-4-2-1-3-5-12)18(25)20-13-6-7-15-16(10-13)27-9-8-26-15/h1-7,10,14H,8-9,11H2,(H,20,25)(H2,21,22,23,24)/t14-/m1/s1. The molecule has 2 aliphatic heterocycles. The number of nitrogens with zero attached hydrogens (tertiary/aromatic N) is 1. The molecule has 0 unspecified atom stereocenters. The van der Waals surface area contributed by atoms with E-state index >= 15 is 0 Å². The normalized spacial score (nSPS) is 18.1. The van der Waals surface area contributed by atoms with Crippen LogP contribution in [0, 0.1) is 0 Å². The van der Waals surface area contributed by atoms with E-state index in [-0.39, 0.29) is 24.2 Å². The van der Waals surface area contributed by atoms with Gasteiger partial charge in [0.2, 0.25) is 17.8 Å². The number of para-hydroxylation sites is 1. The van der Waals surface area contributed by atoms with Crippen LogP contribution in [0.3, 0.4) is 0 Å². The number of carbonyl (C=O) groups is 2. The third-order valence-corrected chi connectivity index (χ3v) is 4.07. The molecule has 8 heteroatoms. The van der Waals surface area contributed by atoms with E-state index in [4.69, 9.17) is 9.47 Å². The molecule has 138 valence electrons. The fourth-order valence-corrected chi connectivity index (χ4v) is 2.81. The van der Waals surface area contributed by atoms with Gasteiger partial charge in [-0.1, -0.05) is 18.2 Å². The van der Waals surface area contributed by atoms with Gasteiger partial charge in [-0.2, -0.15) is 0 Å². The van der Waals surface area contributed by atoms with Crippen LogP contribution in [0.2, 0.25) is 0 Å². The van der Waals surface area contributed by atoms with Gasteiger partial charge >= 0.3 is 0 Å². The lowest BCUT2D eigenvalue weighted by molar-refractivity contribution is -0.124. The van der Waals surface area contributed by atoms with E-state index in [0.29, 0.717) is 30.4 Å². The maximum atomic E-state index is 12.6. The maximum Gasteiger partial charge on any atom is 0.249 e. The smallest absolute Gasteiger partial charge is 0.249 e. The number of hydrogen-bond acceptors (Lipinski definition) is 6. The number of benzene rings is 2. The van der Waals surface area contributed by atoms with Crippen molar-refractivity contribution < 1.29 is 19.1 Å². The van der Waals surface area contributed by atoms with Crippen LogP contribution in [0.1, 0.15) is 6.42 Å². The molecular weight excluding hydrogens is 348 g/mol. The average Bonchev–Trinajstić information content (AvgIpc) is 2.68. The third-order valence-electron chi connectivity index (χ3n) is 4.07. The summed E-state index contributed by atoms with van der Waals surface area (Å²) in [5.41, 5.74) is 1.33. The maximum absolute atomic E-state index is 12.6. The van der Waals surface area contributed by atoms with Crippen molar-refractivity contribution >= 4 is 29.1 Å². The number of hydrogen-bond donors (Lipinski definition) is 3. The quantitative estimate of drug-likeness (QED) is 0.768. The zero-order valence-corrected chi connectivity index (χ0v) is 14.4.